The number of carbonyl (C=O) groups excluding carboxylic acids is 1. The molecule has 0 amide bonds. The highest BCUT2D eigenvalue weighted by Crippen LogP contribution is 2.12. The van der Waals surface area contributed by atoms with Crippen LogP contribution in [0, 0.1) is 0 Å². The van der Waals surface area contributed by atoms with Crippen LogP contribution in [0.25, 0.3) is 0 Å². The Labute approximate surface area is 65.9 Å². The van der Waals surface area contributed by atoms with Gasteiger partial charge in [-0.2, -0.15) is 0 Å². The van der Waals surface area contributed by atoms with E-state index >= 15 is 0 Å². The summed E-state index contributed by atoms with van der Waals surface area (Å²) in [5.41, 5.74) is 0.623. The van der Waals surface area contributed by atoms with Crippen LogP contribution in [-0.4, -0.2) is 13.4 Å². The van der Waals surface area contributed by atoms with Crippen molar-refractivity contribution < 1.29 is 9.53 Å². The standard InChI is InChI=1S/C9H10O2/c1-11-9-6-4-2-3-5-8(9)7-10/h2,4-7H,3H2,1H3. The molecular formula is C9H10O2. The molecule has 0 fully saturated rings. The second-order valence-electron chi connectivity index (χ2n) is 2.18. The van der Waals surface area contributed by atoms with Crippen molar-refractivity contribution in [2.24, 2.45) is 0 Å². The first-order valence-corrected chi connectivity index (χ1v) is 3.45. The Bertz CT molecular complexity index is 234. The van der Waals surface area contributed by atoms with E-state index in [4.69, 9.17) is 4.74 Å². The Morgan fingerprint density at radius 1 is 1.64 bits per heavy atom. The summed E-state index contributed by atoms with van der Waals surface area (Å²) >= 11 is 0. The van der Waals surface area contributed by atoms with Gasteiger partial charge < -0.3 is 4.74 Å². The van der Waals surface area contributed by atoms with E-state index in [1.165, 1.54) is 0 Å². The number of aldehydes is 1. The lowest BCUT2D eigenvalue weighted by molar-refractivity contribution is -0.105. The fourth-order valence-electron chi connectivity index (χ4n) is 0.918. The molecule has 0 aromatic rings. The van der Waals surface area contributed by atoms with Gasteiger partial charge in [0.2, 0.25) is 0 Å². The summed E-state index contributed by atoms with van der Waals surface area (Å²) in [6, 6.07) is 0. The summed E-state index contributed by atoms with van der Waals surface area (Å²) in [6.07, 6.45) is 9.07. The van der Waals surface area contributed by atoms with Crippen LogP contribution in [0.3, 0.4) is 0 Å². The molecule has 0 saturated heterocycles. The van der Waals surface area contributed by atoms with Crippen LogP contribution in [0.5, 0.6) is 0 Å². The minimum absolute atomic E-state index is 0.623. The van der Waals surface area contributed by atoms with Gasteiger partial charge in [-0.3, -0.25) is 4.79 Å². The summed E-state index contributed by atoms with van der Waals surface area (Å²) in [5.74, 6) is 0.633. The normalized spacial score (nSPS) is 16.5. The average Bonchev–Trinajstić information content (AvgIpc) is 2.27. The van der Waals surface area contributed by atoms with Crippen molar-refractivity contribution in [1.82, 2.24) is 0 Å². The van der Waals surface area contributed by atoms with Crippen LogP contribution in [0.1, 0.15) is 6.42 Å². The molecule has 0 spiro atoms. The first-order chi connectivity index (χ1) is 5.38. The molecule has 0 aromatic heterocycles. The fourth-order valence-corrected chi connectivity index (χ4v) is 0.918. The Kier molecular flexibility index (Phi) is 2.66. The SMILES string of the molecule is COC1=CC=CCC=C1C=O. The van der Waals surface area contributed by atoms with Gasteiger partial charge in [0.15, 0.2) is 6.29 Å². The van der Waals surface area contributed by atoms with Crippen molar-refractivity contribution in [2.75, 3.05) is 7.11 Å². The number of rotatable bonds is 2. The molecule has 0 radical (unpaired) electrons. The molecule has 0 bridgehead atoms. The number of ether oxygens (including phenoxy) is 1. The molecule has 0 N–H and O–H groups in total. The molecule has 0 aromatic carbocycles. The number of allylic oxidation sites excluding steroid dienone is 5. The third-order valence-electron chi connectivity index (χ3n) is 1.49. The summed E-state index contributed by atoms with van der Waals surface area (Å²) in [7, 11) is 1.56. The van der Waals surface area contributed by atoms with Gasteiger partial charge in [0.1, 0.15) is 5.76 Å². The topological polar surface area (TPSA) is 26.3 Å². The molecule has 2 nitrogen and oxygen atoms in total. The predicted molar refractivity (Wildman–Crippen MR) is 43.0 cm³/mol. The highest BCUT2D eigenvalue weighted by Gasteiger charge is 2.03. The van der Waals surface area contributed by atoms with Crippen LogP contribution in [0.4, 0.5) is 0 Å². The van der Waals surface area contributed by atoms with E-state index in [1.807, 2.05) is 18.2 Å². The molecule has 1 aliphatic carbocycles. The van der Waals surface area contributed by atoms with Gasteiger partial charge >= 0.3 is 0 Å². The largest absolute Gasteiger partial charge is 0.496 e. The molecule has 0 saturated carbocycles. The molecule has 1 aliphatic rings. The van der Waals surface area contributed by atoms with Gasteiger partial charge in [-0.1, -0.05) is 18.2 Å². The van der Waals surface area contributed by atoms with Crippen molar-refractivity contribution in [2.45, 2.75) is 6.42 Å². The first kappa shape index (κ1) is 7.79. The van der Waals surface area contributed by atoms with Crippen LogP contribution >= 0.6 is 0 Å². The lowest BCUT2D eigenvalue weighted by Gasteiger charge is -2.01. The third kappa shape index (κ3) is 1.80. The maximum Gasteiger partial charge on any atom is 0.153 e. The van der Waals surface area contributed by atoms with E-state index in [0.717, 1.165) is 12.7 Å². The Hall–Kier alpha value is -1.31. The van der Waals surface area contributed by atoms with E-state index in [1.54, 1.807) is 13.2 Å². The Balaban J connectivity index is 2.90. The van der Waals surface area contributed by atoms with Crippen molar-refractivity contribution >= 4 is 6.29 Å². The molecule has 0 heterocycles. The van der Waals surface area contributed by atoms with Crippen LogP contribution < -0.4 is 0 Å². The number of methoxy groups -OCH3 is 1. The maximum atomic E-state index is 10.5. The molecule has 1 rings (SSSR count). The minimum Gasteiger partial charge on any atom is -0.496 e. The molecule has 0 aliphatic heterocycles. The van der Waals surface area contributed by atoms with Crippen molar-refractivity contribution in [3.63, 3.8) is 0 Å². The zero-order chi connectivity index (χ0) is 8.10. The van der Waals surface area contributed by atoms with E-state index in [-0.39, 0.29) is 0 Å². The van der Waals surface area contributed by atoms with E-state index in [0.29, 0.717) is 11.3 Å². The molecule has 0 atom stereocenters. The predicted octanol–water partition coefficient (Wildman–Crippen LogP) is 1.60. The number of hydrogen-bond acceptors (Lipinski definition) is 2. The van der Waals surface area contributed by atoms with E-state index in [9.17, 15) is 4.79 Å². The van der Waals surface area contributed by atoms with Crippen molar-refractivity contribution in [3.8, 4) is 0 Å². The number of carbonyl (C=O) groups is 1. The van der Waals surface area contributed by atoms with E-state index in [2.05, 4.69) is 0 Å². The third-order valence-corrected chi connectivity index (χ3v) is 1.49. The lowest BCUT2D eigenvalue weighted by Crippen LogP contribution is -1.92. The second-order valence-corrected chi connectivity index (χ2v) is 2.18. The van der Waals surface area contributed by atoms with Gasteiger partial charge in [0.05, 0.1) is 12.7 Å². The second kappa shape index (κ2) is 3.76. The van der Waals surface area contributed by atoms with E-state index < -0.39 is 0 Å². The average molecular weight is 150 g/mol. The highest BCUT2D eigenvalue weighted by atomic mass is 16.5. The Morgan fingerprint density at radius 3 is 3.09 bits per heavy atom. The van der Waals surface area contributed by atoms with Gasteiger partial charge in [0, 0.05) is 0 Å². The monoisotopic (exact) mass is 150 g/mol. The summed E-state index contributed by atoms with van der Waals surface area (Å²) in [4.78, 5) is 10.5. The molecule has 58 valence electrons. The van der Waals surface area contributed by atoms with Crippen LogP contribution in [0.2, 0.25) is 0 Å². The van der Waals surface area contributed by atoms with Crippen molar-refractivity contribution in [1.29, 1.82) is 0 Å². The van der Waals surface area contributed by atoms with Gasteiger partial charge in [-0.25, -0.2) is 0 Å². The summed E-state index contributed by atoms with van der Waals surface area (Å²) in [5, 5.41) is 0. The first-order valence-electron chi connectivity index (χ1n) is 3.45. The molecule has 0 unspecified atom stereocenters. The Morgan fingerprint density at radius 2 is 2.45 bits per heavy atom. The summed E-state index contributed by atoms with van der Waals surface area (Å²) < 4.78 is 4.98. The maximum absolute atomic E-state index is 10.5. The van der Waals surface area contributed by atoms with Gasteiger partial charge in [0.25, 0.3) is 0 Å². The molecular weight excluding hydrogens is 140 g/mol. The van der Waals surface area contributed by atoms with Gasteiger partial charge in [-0.05, 0) is 12.5 Å². The quantitative estimate of drug-likeness (QED) is 0.559. The highest BCUT2D eigenvalue weighted by molar-refractivity contribution is 5.79. The van der Waals surface area contributed by atoms with Crippen LogP contribution in [0.15, 0.2) is 35.6 Å². The number of hydrogen-bond donors (Lipinski definition) is 0. The van der Waals surface area contributed by atoms with Crippen molar-refractivity contribution in [3.05, 3.63) is 35.6 Å². The zero-order valence-corrected chi connectivity index (χ0v) is 6.41. The molecule has 11 heavy (non-hydrogen) atoms. The van der Waals surface area contributed by atoms with Gasteiger partial charge in [-0.15, -0.1) is 0 Å². The summed E-state index contributed by atoms with van der Waals surface area (Å²) in [6.45, 7) is 0. The zero-order valence-electron chi connectivity index (χ0n) is 6.41. The fraction of sp³-hybridized carbons (Fsp3) is 0.222. The lowest BCUT2D eigenvalue weighted by atomic mass is 10.2. The smallest absolute Gasteiger partial charge is 0.153 e. The minimum atomic E-state index is 0.623. The van der Waals surface area contributed by atoms with Crippen LogP contribution in [-0.2, 0) is 9.53 Å². The molecule has 2 heteroatoms.